The fraction of sp³-hybridized carbons (Fsp3) is 0.385. The first-order valence-electron chi connectivity index (χ1n) is 5.95. The molecule has 0 spiro atoms. The van der Waals surface area contributed by atoms with Crippen LogP contribution >= 0.6 is 0 Å². The molecule has 0 aliphatic rings. The minimum atomic E-state index is -0.204. The number of fused-ring (bicyclic) bond motifs is 1. The number of carbonyl (C=O) groups excluding carboxylic acids is 1. The van der Waals surface area contributed by atoms with E-state index in [0.717, 1.165) is 11.3 Å². The van der Waals surface area contributed by atoms with E-state index in [1.54, 1.807) is 19.0 Å². The van der Waals surface area contributed by atoms with Gasteiger partial charge in [-0.05, 0) is 19.1 Å². The summed E-state index contributed by atoms with van der Waals surface area (Å²) in [6.45, 7) is 2.44. The fourth-order valence-corrected chi connectivity index (χ4v) is 1.80. The van der Waals surface area contributed by atoms with E-state index >= 15 is 0 Å². The predicted molar refractivity (Wildman–Crippen MR) is 70.2 cm³/mol. The number of hydrogen-bond donors (Lipinski definition) is 1. The third-order valence-corrected chi connectivity index (χ3v) is 2.81. The summed E-state index contributed by atoms with van der Waals surface area (Å²) in [7, 11) is 3.51. The van der Waals surface area contributed by atoms with E-state index in [9.17, 15) is 4.79 Å². The van der Waals surface area contributed by atoms with Gasteiger partial charge in [0.2, 0.25) is 5.91 Å². The summed E-state index contributed by atoms with van der Waals surface area (Å²) in [4.78, 5) is 17.7. The summed E-state index contributed by atoms with van der Waals surface area (Å²) in [6.07, 6.45) is 3.93. The van der Waals surface area contributed by atoms with Crippen molar-refractivity contribution in [3.63, 3.8) is 0 Å². The number of amides is 1. The SMILES string of the molecule is CC(NCc1cn2ccccc2n1)C(=O)N(C)C. The lowest BCUT2D eigenvalue weighted by atomic mass is 10.3. The molecule has 1 atom stereocenters. The van der Waals surface area contributed by atoms with Crippen LogP contribution in [0.5, 0.6) is 0 Å². The first-order valence-corrected chi connectivity index (χ1v) is 5.95. The molecule has 1 N–H and O–H groups in total. The van der Waals surface area contributed by atoms with Gasteiger partial charge in [-0.1, -0.05) is 6.07 Å². The highest BCUT2D eigenvalue weighted by Gasteiger charge is 2.14. The van der Waals surface area contributed by atoms with Crippen LogP contribution in [0.15, 0.2) is 30.6 Å². The molecule has 18 heavy (non-hydrogen) atoms. The summed E-state index contributed by atoms with van der Waals surface area (Å²) >= 11 is 0. The highest BCUT2D eigenvalue weighted by atomic mass is 16.2. The van der Waals surface area contributed by atoms with Crippen molar-refractivity contribution in [2.24, 2.45) is 0 Å². The Morgan fingerprint density at radius 3 is 2.94 bits per heavy atom. The van der Waals surface area contributed by atoms with Crippen molar-refractivity contribution in [2.45, 2.75) is 19.5 Å². The number of rotatable bonds is 4. The summed E-state index contributed by atoms with van der Waals surface area (Å²) in [5.41, 5.74) is 1.85. The summed E-state index contributed by atoms with van der Waals surface area (Å²) in [5, 5.41) is 3.17. The van der Waals surface area contributed by atoms with E-state index in [0.29, 0.717) is 6.54 Å². The third kappa shape index (κ3) is 2.68. The van der Waals surface area contributed by atoms with Crippen molar-refractivity contribution in [2.75, 3.05) is 14.1 Å². The zero-order valence-corrected chi connectivity index (χ0v) is 10.9. The number of hydrogen-bond acceptors (Lipinski definition) is 3. The number of imidazole rings is 1. The first-order chi connectivity index (χ1) is 8.58. The van der Waals surface area contributed by atoms with Crippen LogP contribution in [-0.2, 0) is 11.3 Å². The molecule has 96 valence electrons. The van der Waals surface area contributed by atoms with E-state index in [-0.39, 0.29) is 11.9 Å². The topological polar surface area (TPSA) is 49.6 Å². The van der Waals surface area contributed by atoms with Crippen LogP contribution in [0.1, 0.15) is 12.6 Å². The van der Waals surface area contributed by atoms with E-state index in [1.807, 2.05) is 41.9 Å². The molecule has 0 saturated carbocycles. The number of carbonyl (C=O) groups is 1. The Hall–Kier alpha value is -1.88. The average Bonchev–Trinajstić information content (AvgIpc) is 2.77. The number of likely N-dealkylation sites (N-methyl/N-ethyl adjacent to an activating group) is 1. The predicted octanol–water partition coefficient (Wildman–Crippen LogP) is 0.901. The highest BCUT2D eigenvalue weighted by molar-refractivity contribution is 5.80. The number of nitrogens with zero attached hydrogens (tertiary/aromatic N) is 3. The summed E-state index contributed by atoms with van der Waals surface area (Å²) < 4.78 is 1.97. The maximum absolute atomic E-state index is 11.7. The maximum Gasteiger partial charge on any atom is 0.238 e. The standard InChI is InChI=1S/C13H18N4O/c1-10(13(18)16(2)3)14-8-11-9-17-7-5-4-6-12(17)15-11/h4-7,9-10,14H,8H2,1-3H3. The largest absolute Gasteiger partial charge is 0.347 e. The Morgan fingerprint density at radius 1 is 1.50 bits per heavy atom. The molecular formula is C13H18N4O. The molecule has 1 amide bonds. The molecule has 0 bridgehead atoms. The fourth-order valence-electron chi connectivity index (χ4n) is 1.80. The molecule has 0 aromatic carbocycles. The highest BCUT2D eigenvalue weighted by Crippen LogP contribution is 2.04. The molecule has 0 fully saturated rings. The minimum Gasteiger partial charge on any atom is -0.347 e. The van der Waals surface area contributed by atoms with Crippen LogP contribution < -0.4 is 5.32 Å². The first kappa shape index (κ1) is 12.6. The van der Waals surface area contributed by atoms with E-state index < -0.39 is 0 Å². The Labute approximate surface area is 106 Å². The second-order valence-corrected chi connectivity index (χ2v) is 4.53. The molecule has 5 heteroatoms. The molecule has 2 heterocycles. The van der Waals surface area contributed by atoms with Gasteiger partial charge in [-0.25, -0.2) is 4.98 Å². The maximum atomic E-state index is 11.7. The van der Waals surface area contributed by atoms with Gasteiger partial charge in [0, 0.05) is 33.0 Å². The Balaban J connectivity index is 2.00. The van der Waals surface area contributed by atoms with Crippen molar-refractivity contribution < 1.29 is 4.79 Å². The van der Waals surface area contributed by atoms with Gasteiger partial charge < -0.3 is 14.6 Å². The summed E-state index contributed by atoms with van der Waals surface area (Å²) in [6, 6.07) is 5.67. The Bertz CT molecular complexity index is 514. The van der Waals surface area contributed by atoms with Gasteiger partial charge in [-0.15, -0.1) is 0 Å². The zero-order chi connectivity index (χ0) is 13.1. The second kappa shape index (κ2) is 5.18. The summed E-state index contributed by atoms with van der Waals surface area (Å²) in [5.74, 6) is 0.0683. The van der Waals surface area contributed by atoms with Crippen LogP contribution in [0.25, 0.3) is 5.65 Å². The number of pyridine rings is 1. The molecule has 0 radical (unpaired) electrons. The van der Waals surface area contributed by atoms with Crippen molar-refractivity contribution in [1.29, 1.82) is 0 Å². The molecule has 1 unspecified atom stereocenters. The van der Waals surface area contributed by atoms with Crippen LogP contribution in [0.4, 0.5) is 0 Å². The zero-order valence-electron chi connectivity index (χ0n) is 10.9. The lowest BCUT2D eigenvalue weighted by Gasteiger charge is -2.17. The van der Waals surface area contributed by atoms with E-state index in [4.69, 9.17) is 0 Å². The van der Waals surface area contributed by atoms with Gasteiger partial charge in [0.05, 0.1) is 11.7 Å². The van der Waals surface area contributed by atoms with Gasteiger partial charge in [-0.3, -0.25) is 4.79 Å². The lowest BCUT2D eigenvalue weighted by molar-refractivity contribution is -0.130. The van der Waals surface area contributed by atoms with Crippen LogP contribution in [0.2, 0.25) is 0 Å². The molecule has 2 aromatic rings. The normalized spacial score (nSPS) is 12.6. The minimum absolute atomic E-state index is 0.0683. The van der Waals surface area contributed by atoms with Crippen molar-refractivity contribution in [3.8, 4) is 0 Å². The third-order valence-electron chi connectivity index (χ3n) is 2.81. The molecular weight excluding hydrogens is 228 g/mol. The van der Waals surface area contributed by atoms with Crippen LogP contribution in [0, 0.1) is 0 Å². The Morgan fingerprint density at radius 2 is 2.28 bits per heavy atom. The molecule has 0 aliphatic carbocycles. The van der Waals surface area contributed by atoms with Gasteiger partial charge in [0.25, 0.3) is 0 Å². The van der Waals surface area contributed by atoms with E-state index in [1.165, 1.54) is 0 Å². The smallest absolute Gasteiger partial charge is 0.238 e. The van der Waals surface area contributed by atoms with E-state index in [2.05, 4.69) is 10.3 Å². The van der Waals surface area contributed by atoms with Gasteiger partial charge in [-0.2, -0.15) is 0 Å². The molecule has 0 aliphatic heterocycles. The quantitative estimate of drug-likeness (QED) is 0.872. The van der Waals surface area contributed by atoms with Crippen LogP contribution in [-0.4, -0.2) is 40.3 Å². The van der Waals surface area contributed by atoms with Crippen molar-refractivity contribution in [3.05, 3.63) is 36.3 Å². The van der Waals surface area contributed by atoms with Gasteiger partial charge in [0.1, 0.15) is 5.65 Å². The van der Waals surface area contributed by atoms with Gasteiger partial charge in [0.15, 0.2) is 0 Å². The van der Waals surface area contributed by atoms with Crippen LogP contribution in [0.3, 0.4) is 0 Å². The molecule has 2 rings (SSSR count). The monoisotopic (exact) mass is 246 g/mol. The number of nitrogens with one attached hydrogen (secondary N) is 1. The molecule has 5 nitrogen and oxygen atoms in total. The Kier molecular flexibility index (Phi) is 3.62. The number of aromatic nitrogens is 2. The lowest BCUT2D eigenvalue weighted by Crippen LogP contribution is -2.41. The van der Waals surface area contributed by atoms with Crippen molar-refractivity contribution in [1.82, 2.24) is 19.6 Å². The van der Waals surface area contributed by atoms with Crippen molar-refractivity contribution >= 4 is 11.6 Å². The molecule has 0 saturated heterocycles. The average molecular weight is 246 g/mol. The molecule has 2 aromatic heterocycles. The van der Waals surface area contributed by atoms with Gasteiger partial charge >= 0.3 is 0 Å². The second-order valence-electron chi connectivity index (χ2n) is 4.53.